The lowest BCUT2D eigenvalue weighted by Gasteiger charge is -2.04. The summed E-state index contributed by atoms with van der Waals surface area (Å²) in [6, 6.07) is 0. The van der Waals surface area contributed by atoms with Crippen molar-refractivity contribution >= 4 is 5.97 Å². The zero-order valence-corrected chi connectivity index (χ0v) is 6.62. The van der Waals surface area contributed by atoms with Gasteiger partial charge in [-0.3, -0.25) is 0 Å². The van der Waals surface area contributed by atoms with Gasteiger partial charge in [-0.15, -0.1) is 0 Å². The Labute approximate surface area is 71.4 Å². The standard InChI is InChI=1S/C6H6F2N2O3/c1-6(7,8)2-3-9-4(5(11)12)10-13-3/h2H2,1H3,(H,11,12). The van der Waals surface area contributed by atoms with E-state index in [1.165, 1.54) is 0 Å². The average molecular weight is 192 g/mol. The molecule has 1 aromatic rings. The number of nitrogens with zero attached hydrogens (tertiary/aromatic N) is 2. The van der Waals surface area contributed by atoms with Crippen LogP contribution in [0.3, 0.4) is 0 Å². The number of aromatic carboxylic acids is 1. The maximum atomic E-state index is 12.3. The molecule has 0 saturated carbocycles. The Kier molecular flexibility index (Phi) is 2.26. The fraction of sp³-hybridized carbons (Fsp3) is 0.500. The van der Waals surface area contributed by atoms with Crippen molar-refractivity contribution in [1.29, 1.82) is 0 Å². The van der Waals surface area contributed by atoms with Crippen LogP contribution in [0.4, 0.5) is 8.78 Å². The molecule has 72 valence electrons. The van der Waals surface area contributed by atoms with Gasteiger partial charge >= 0.3 is 5.97 Å². The molecule has 1 aromatic heterocycles. The first-order valence-corrected chi connectivity index (χ1v) is 3.32. The summed E-state index contributed by atoms with van der Waals surface area (Å²) in [4.78, 5) is 13.4. The third kappa shape index (κ3) is 2.77. The highest BCUT2D eigenvalue weighted by Gasteiger charge is 2.26. The van der Waals surface area contributed by atoms with Crippen molar-refractivity contribution in [1.82, 2.24) is 10.1 Å². The molecular weight excluding hydrogens is 186 g/mol. The fourth-order valence-electron chi connectivity index (χ4n) is 0.679. The van der Waals surface area contributed by atoms with Crippen LogP contribution in [-0.2, 0) is 6.42 Å². The molecule has 1 rings (SSSR count). The second kappa shape index (κ2) is 3.08. The van der Waals surface area contributed by atoms with Crippen LogP contribution in [0, 0.1) is 0 Å². The van der Waals surface area contributed by atoms with Crippen LogP contribution < -0.4 is 0 Å². The van der Waals surface area contributed by atoms with Gasteiger partial charge in [-0.2, -0.15) is 4.98 Å². The lowest BCUT2D eigenvalue weighted by molar-refractivity contribution is 0.0149. The van der Waals surface area contributed by atoms with Gasteiger partial charge in [0.25, 0.3) is 11.7 Å². The first-order chi connectivity index (χ1) is 5.88. The minimum Gasteiger partial charge on any atom is -0.475 e. The third-order valence-electron chi connectivity index (χ3n) is 1.12. The van der Waals surface area contributed by atoms with Crippen LogP contribution in [0.25, 0.3) is 0 Å². The van der Waals surface area contributed by atoms with E-state index in [1.807, 2.05) is 0 Å². The predicted molar refractivity (Wildman–Crippen MR) is 35.6 cm³/mol. The topological polar surface area (TPSA) is 76.2 Å². The summed E-state index contributed by atoms with van der Waals surface area (Å²) in [5, 5.41) is 11.3. The Morgan fingerprint density at radius 3 is 2.69 bits per heavy atom. The predicted octanol–water partition coefficient (Wildman–Crippen LogP) is 0.966. The summed E-state index contributed by atoms with van der Waals surface area (Å²) in [6.07, 6.45) is -0.757. The molecule has 0 aliphatic heterocycles. The molecule has 0 amide bonds. The maximum Gasteiger partial charge on any atom is 0.377 e. The van der Waals surface area contributed by atoms with E-state index in [1.54, 1.807) is 0 Å². The van der Waals surface area contributed by atoms with Crippen LogP contribution in [-0.4, -0.2) is 27.1 Å². The first kappa shape index (κ1) is 9.56. The van der Waals surface area contributed by atoms with E-state index in [9.17, 15) is 13.6 Å². The van der Waals surface area contributed by atoms with E-state index in [0.717, 1.165) is 0 Å². The van der Waals surface area contributed by atoms with Crippen molar-refractivity contribution in [3.63, 3.8) is 0 Å². The summed E-state index contributed by atoms with van der Waals surface area (Å²) >= 11 is 0. The van der Waals surface area contributed by atoms with Crippen molar-refractivity contribution in [2.75, 3.05) is 0 Å². The second-order valence-corrected chi connectivity index (χ2v) is 2.56. The minimum absolute atomic E-state index is 0.384. The number of hydrogen-bond acceptors (Lipinski definition) is 4. The van der Waals surface area contributed by atoms with Crippen LogP contribution in [0.2, 0.25) is 0 Å². The van der Waals surface area contributed by atoms with Crippen molar-refractivity contribution in [3.8, 4) is 0 Å². The minimum atomic E-state index is -2.98. The van der Waals surface area contributed by atoms with Gasteiger partial charge in [-0.1, -0.05) is 0 Å². The molecule has 0 aliphatic carbocycles. The van der Waals surface area contributed by atoms with Crippen LogP contribution in [0.5, 0.6) is 0 Å². The lowest BCUT2D eigenvalue weighted by Crippen LogP contribution is -2.13. The van der Waals surface area contributed by atoms with E-state index in [4.69, 9.17) is 5.11 Å². The molecule has 0 bridgehead atoms. The second-order valence-electron chi connectivity index (χ2n) is 2.56. The number of carboxylic acid groups (broad SMARTS) is 1. The number of carbonyl (C=O) groups is 1. The van der Waals surface area contributed by atoms with Gasteiger partial charge in [0.05, 0.1) is 6.42 Å². The number of halogens is 2. The summed E-state index contributed by atoms with van der Waals surface area (Å²) in [5.41, 5.74) is 0. The first-order valence-electron chi connectivity index (χ1n) is 3.32. The van der Waals surface area contributed by atoms with Gasteiger partial charge < -0.3 is 9.63 Å². The molecule has 5 nitrogen and oxygen atoms in total. The molecule has 7 heteroatoms. The third-order valence-corrected chi connectivity index (χ3v) is 1.12. The zero-order valence-electron chi connectivity index (χ0n) is 6.62. The fourth-order valence-corrected chi connectivity index (χ4v) is 0.679. The highest BCUT2D eigenvalue weighted by molar-refractivity contribution is 5.82. The zero-order chi connectivity index (χ0) is 10.1. The van der Waals surface area contributed by atoms with E-state index >= 15 is 0 Å². The van der Waals surface area contributed by atoms with Gasteiger partial charge in [0, 0.05) is 0 Å². The monoisotopic (exact) mass is 192 g/mol. The molecule has 0 spiro atoms. The Morgan fingerprint density at radius 1 is 1.69 bits per heavy atom. The normalized spacial score (nSPS) is 11.6. The van der Waals surface area contributed by atoms with Gasteiger partial charge in [0.15, 0.2) is 0 Å². The molecule has 0 unspecified atom stereocenters. The van der Waals surface area contributed by atoms with E-state index < -0.39 is 24.1 Å². The Balaban J connectivity index is 2.75. The van der Waals surface area contributed by atoms with E-state index in [0.29, 0.717) is 6.92 Å². The maximum absolute atomic E-state index is 12.3. The highest BCUT2D eigenvalue weighted by Crippen LogP contribution is 2.17. The van der Waals surface area contributed by atoms with Crippen LogP contribution in [0.1, 0.15) is 23.4 Å². The molecule has 0 radical (unpaired) electrons. The quantitative estimate of drug-likeness (QED) is 0.771. The number of alkyl halides is 2. The van der Waals surface area contributed by atoms with Crippen molar-refractivity contribution in [2.24, 2.45) is 0 Å². The number of rotatable bonds is 3. The molecule has 1 N–H and O–H groups in total. The summed E-state index contributed by atoms with van der Waals surface area (Å²) in [6.45, 7) is 0.678. The Morgan fingerprint density at radius 2 is 2.31 bits per heavy atom. The van der Waals surface area contributed by atoms with Crippen LogP contribution in [0.15, 0.2) is 4.52 Å². The van der Waals surface area contributed by atoms with E-state index in [2.05, 4.69) is 14.7 Å². The number of aromatic nitrogens is 2. The largest absolute Gasteiger partial charge is 0.475 e. The van der Waals surface area contributed by atoms with Crippen molar-refractivity contribution < 1.29 is 23.2 Å². The molecule has 0 aromatic carbocycles. The molecule has 0 aliphatic rings. The smallest absolute Gasteiger partial charge is 0.377 e. The van der Waals surface area contributed by atoms with Crippen molar-refractivity contribution in [2.45, 2.75) is 19.3 Å². The molecule has 0 atom stereocenters. The Bertz CT molecular complexity index is 318. The average Bonchev–Trinajstić information content (AvgIpc) is 2.31. The Hall–Kier alpha value is -1.53. The van der Waals surface area contributed by atoms with Gasteiger partial charge in [0.1, 0.15) is 0 Å². The van der Waals surface area contributed by atoms with Gasteiger partial charge in [-0.25, -0.2) is 13.6 Å². The van der Waals surface area contributed by atoms with Gasteiger partial charge in [0.2, 0.25) is 5.89 Å². The van der Waals surface area contributed by atoms with E-state index in [-0.39, 0.29) is 5.89 Å². The SMILES string of the molecule is CC(F)(F)Cc1nc(C(=O)O)no1. The molecule has 1 heterocycles. The number of carboxylic acids is 1. The summed E-state index contributed by atoms with van der Waals surface area (Å²) in [5.74, 6) is -5.39. The van der Waals surface area contributed by atoms with Crippen LogP contribution >= 0.6 is 0 Å². The molecule has 0 fully saturated rings. The molecule has 0 saturated heterocycles. The highest BCUT2D eigenvalue weighted by atomic mass is 19.3. The van der Waals surface area contributed by atoms with Gasteiger partial charge in [-0.05, 0) is 12.1 Å². The summed E-state index contributed by atoms with van der Waals surface area (Å²) in [7, 11) is 0. The van der Waals surface area contributed by atoms with Crippen molar-refractivity contribution in [3.05, 3.63) is 11.7 Å². The molecule has 13 heavy (non-hydrogen) atoms. The lowest BCUT2D eigenvalue weighted by atomic mass is 10.3. The summed E-state index contributed by atoms with van der Waals surface area (Å²) < 4.78 is 29.0. The number of hydrogen-bond donors (Lipinski definition) is 1. The molecular formula is C6H6F2N2O3.